The number of ether oxygens (including phenoxy) is 2. The van der Waals surface area contributed by atoms with Crippen molar-refractivity contribution >= 4 is 23.6 Å². The summed E-state index contributed by atoms with van der Waals surface area (Å²) in [6.07, 6.45) is 3.63. The van der Waals surface area contributed by atoms with Gasteiger partial charge in [0.15, 0.2) is 6.79 Å². The largest absolute Gasteiger partial charge is 0.467 e. The van der Waals surface area contributed by atoms with Gasteiger partial charge in [0.2, 0.25) is 5.91 Å². The zero-order valence-corrected chi connectivity index (χ0v) is 14.2. The second kappa shape index (κ2) is 8.14. The molecule has 0 aliphatic carbocycles. The second-order valence-electron chi connectivity index (χ2n) is 5.59. The van der Waals surface area contributed by atoms with Gasteiger partial charge in [0.1, 0.15) is 11.6 Å². The standard InChI is InChI=1S/C19H17ClFNO3/c20-16-4-1-13(2-5-16)3-6-18(23)22-8-7-14-9-17(21)10-15-11-24-12-25-19(14)15/h1-6,9-10H,7-8,11-12H2,(H,22,23)/b6-3+. The molecule has 25 heavy (non-hydrogen) atoms. The van der Waals surface area contributed by atoms with Gasteiger partial charge in [-0.2, -0.15) is 0 Å². The Hall–Kier alpha value is -2.37. The van der Waals surface area contributed by atoms with E-state index in [1.54, 1.807) is 18.2 Å². The monoisotopic (exact) mass is 361 g/mol. The van der Waals surface area contributed by atoms with Gasteiger partial charge in [-0.15, -0.1) is 0 Å². The van der Waals surface area contributed by atoms with Crippen molar-refractivity contribution in [1.82, 2.24) is 5.32 Å². The maximum Gasteiger partial charge on any atom is 0.244 e. The Bertz CT molecular complexity index is 790. The lowest BCUT2D eigenvalue weighted by molar-refractivity contribution is -0.116. The van der Waals surface area contributed by atoms with Crippen molar-refractivity contribution in [2.75, 3.05) is 13.3 Å². The van der Waals surface area contributed by atoms with E-state index in [9.17, 15) is 9.18 Å². The van der Waals surface area contributed by atoms with Gasteiger partial charge in [-0.3, -0.25) is 4.79 Å². The average molecular weight is 362 g/mol. The third-order valence-corrected chi connectivity index (χ3v) is 3.99. The summed E-state index contributed by atoms with van der Waals surface area (Å²) in [5.74, 6) is 0.0971. The third kappa shape index (κ3) is 4.81. The number of benzene rings is 2. The first-order valence-corrected chi connectivity index (χ1v) is 8.23. The third-order valence-electron chi connectivity index (χ3n) is 3.74. The van der Waals surface area contributed by atoms with Crippen molar-refractivity contribution in [1.29, 1.82) is 0 Å². The van der Waals surface area contributed by atoms with E-state index in [-0.39, 0.29) is 18.5 Å². The van der Waals surface area contributed by atoms with Crippen LogP contribution in [0.3, 0.4) is 0 Å². The summed E-state index contributed by atoms with van der Waals surface area (Å²) in [5, 5.41) is 3.42. The van der Waals surface area contributed by atoms with Gasteiger partial charge in [0.05, 0.1) is 6.61 Å². The van der Waals surface area contributed by atoms with Crippen LogP contribution in [0.2, 0.25) is 5.02 Å². The molecule has 4 nitrogen and oxygen atoms in total. The second-order valence-corrected chi connectivity index (χ2v) is 6.03. The molecular formula is C19H17ClFNO3. The molecule has 0 saturated carbocycles. The first kappa shape index (κ1) is 17.5. The minimum Gasteiger partial charge on any atom is -0.467 e. The van der Waals surface area contributed by atoms with E-state index >= 15 is 0 Å². The number of nitrogens with one attached hydrogen (secondary N) is 1. The number of hydrogen-bond donors (Lipinski definition) is 1. The Balaban J connectivity index is 1.55. The highest BCUT2D eigenvalue weighted by Crippen LogP contribution is 2.29. The van der Waals surface area contributed by atoms with Crippen LogP contribution in [0.1, 0.15) is 16.7 Å². The molecule has 6 heteroatoms. The molecule has 0 unspecified atom stereocenters. The van der Waals surface area contributed by atoms with Crippen molar-refractivity contribution in [3.63, 3.8) is 0 Å². The van der Waals surface area contributed by atoms with E-state index in [0.29, 0.717) is 35.9 Å². The van der Waals surface area contributed by atoms with E-state index in [4.69, 9.17) is 21.1 Å². The average Bonchev–Trinajstić information content (AvgIpc) is 2.61. The predicted octanol–water partition coefficient (Wildman–Crippen LogP) is 3.72. The number of carbonyl (C=O) groups is 1. The summed E-state index contributed by atoms with van der Waals surface area (Å²) in [6, 6.07) is 10.0. The van der Waals surface area contributed by atoms with Gasteiger partial charge in [0.25, 0.3) is 0 Å². The highest BCUT2D eigenvalue weighted by molar-refractivity contribution is 6.30. The molecule has 0 bridgehead atoms. The molecule has 0 fully saturated rings. The normalized spacial score (nSPS) is 13.4. The number of amides is 1. The van der Waals surface area contributed by atoms with E-state index < -0.39 is 0 Å². The molecule has 3 rings (SSSR count). The summed E-state index contributed by atoms with van der Waals surface area (Å²) >= 11 is 5.81. The van der Waals surface area contributed by atoms with E-state index in [2.05, 4.69) is 5.32 Å². The minimum atomic E-state index is -0.336. The quantitative estimate of drug-likeness (QED) is 0.826. The molecular weight excluding hydrogens is 345 g/mol. The molecule has 1 aliphatic rings. The molecule has 2 aromatic rings. The molecule has 1 aliphatic heterocycles. The summed E-state index contributed by atoms with van der Waals surface area (Å²) in [4.78, 5) is 11.9. The van der Waals surface area contributed by atoms with Crippen LogP contribution in [-0.4, -0.2) is 19.2 Å². The summed E-state index contributed by atoms with van der Waals surface area (Å²) < 4.78 is 24.3. The Kier molecular flexibility index (Phi) is 5.68. The Labute approximate surface area is 150 Å². The van der Waals surface area contributed by atoms with Crippen LogP contribution in [0, 0.1) is 5.82 Å². The number of rotatable bonds is 5. The summed E-state index contributed by atoms with van der Waals surface area (Å²) in [6.45, 7) is 0.863. The van der Waals surface area contributed by atoms with Gasteiger partial charge < -0.3 is 14.8 Å². The number of fused-ring (bicyclic) bond motifs is 1. The lowest BCUT2D eigenvalue weighted by atomic mass is 10.1. The van der Waals surface area contributed by atoms with Crippen LogP contribution in [0.15, 0.2) is 42.5 Å². The van der Waals surface area contributed by atoms with Gasteiger partial charge in [-0.1, -0.05) is 23.7 Å². The smallest absolute Gasteiger partial charge is 0.244 e. The van der Waals surface area contributed by atoms with Crippen molar-refractivity contribution in [2.45, 2.75) is 13.0 Å². The fourth-order valence-electron chi connectivity index (χ4n) is 2.57. The van der Waals surface area contributed by atoms with Crippen molar-refractivity contribution in [2.24, 2.45) is 0 Å². The lowest BCUT2D eigenvalue weighted by Gasteiger charge is -2.20. The minimum absolute atomic E-state index is 0.155. The van der Waals surface area contributed by atoms with E-state index in [1.807, 2.05) is 12.1 Å². The zero-order valence-electron chi connectivity index (χ0n) is 13.4. The molecule has 130 valence electrons. The number of hydrogen-bond acceptors (Lipinski definition) is 3. The predicted molar refractivity (Wildman–Crippen MR) is 93.9 cm³/mol. The highest BCUT2D eigenvalue weighted by Gasteiger charge is 2.16. The molecule has 0 atom stereocenters. The van der Waals surface area contributed by atoms with Crippen molar-refractivity contribution < 1.29 is 18.7 Å². The Morgan fingerprint density at radius 2 is 2.08 bits per heavy atom. The van der Waals surface area contributed by atoms with E-state index in [0.717, 1.165) is 11.1 Å². The van der Waals surface area contributed by atoms with Crippen LogP contribution in [0.5, 0.6) is 5.75 Å². The topological polar surface area (TPSA) is 47.6 Å². The lowest BCUT2D eigenvalue weighted by Crippen LogP contribution is -2.24. The molecule has 1 amide bonds. The van der Waals surface area contributed by atoms with Crippen LogP contribution < -0.4 is 10.1 Å². The van der Waals surface area contributed by atoms with Gasteiger partial charge in [-0.25, -0.2) is 4.39 Å². The van der Waals surface area contributed by atoms with Crippen LogP contribution in [-0.2, 0) is 22.6 Å². The maximum atomic E-state index is 13.7. The molecule has 2 aromatic carbocycles. The summed E-state index contributed by atoms with van der Waals surface area (Å²) in [7, 11) is 0. The fourth-order valence-corrected chi connectivity index (χ4v) is 2.69. The molecule has 1 heterocycles. The molecule has 1 N–H and O–H groups in total. The van der Waals surface area contributed by atoms with E-state index in [1.165, 1.54) is 18.2 Å². The Morgan fingerprint density at radius 3 is 2.88 bits per heavy atom. The zero-order chi connectivity index (χ0) is 17.6. The fraction of sp³-hybridized carbons (Fsp3) is 0.211. The van der Waals surface area contributed by atoms with Crippen LogP contribution in [0.4, 0.5) is 4.39 Å². The molecule has 0 saturated heterocycles. The molecule has 0 spiro atoms. The first-order valence-electron chi connectivity index (χ1n) is 7.85. The maximum absolute atomic E-state index is 13.7. The molecule has 0 aromatic heterocycles. The first-order chi connectivity index (χ1) is 12.1. The van der Waals surface area contributed by atoms with Crippen molar-refractivity contribution in [3.05, 3.63) is 70.0 Å². The molecule has 0 radical (unpaired) electrons. The number of halogens is 2. The van der Waals surface area contributed by atoms with Gasteiger partial charge in [-0.05, 0) is 47.9 Å². The number of carbonyl (C=O) groups excluding carboxylic acids is 1. The summed E-state index contributed by atoms with van der Waals surface area (Å²) in [5.41, 5.74) is 2.29. The van der Waals surface area contributed by atoms with Crippen LogP contribution >= 0.6 is 11.6 Å². The highest BCUT2D eigenvalue weighted by atomic mass is 35.5. The Morgan fingerprint density at radius 1 is 1.28 bits per heavy atom. The van der Waals surface area contributed by atoms with Gasteiger partial charge >= 0.3 is 0 Å². The SMILES string of the molecule is O=C(/C=C/c1ccc(Cl)cc1)NCCc1cc(F)cc2c1OCOC2. The van der Waals surface area contributed by atoms with Gasteiger partial charge in [0, 0.05) is 23.2 Å². The van der Waals surface area contributed by atoms with Crippen molar-refractivity contribution in [3.8, 4) is 5.75 Å². The van der Waals surface area contributed by atoms with Crippen LogP contribution in [0.25, 0.3) is 6.08 Å².